The van der Waals surface area contributed by atoms with Gasteiger partial charge in [0.25, 0.3) is 0 Å². The zero-order chi connectivity index (χ0) is 24.3. The highest BCUT2D eigenvalue weighted by molar-refractivity contribution is 6.31. The van der Waals surface area contributed by atoms with Gasteiger partial charge in [-0.25, -0.2) is 9.78 Å². The van der Waals surface area contributed by atoms with Crippen LogP contribution in [0.1, 0.15) is 11.3 Å². The van der Waals surface area contributed by atoms with Crippen molar-refractivity contribution in [3.8, 4) is 17.6 Å². The summed E-state index contributed by atoms with van der Waals surface area (Å²) in [5, 5.41) is 13.4. The van der Waals surface area contributed by atoms with Gasteiger partial charge in [0.05, 0.1) is 27.8 Å². The number of nitrogens with one attached hydrogen (secondary N) is 2. The van der Waals surface area contributed by atoms with Gasteiger partial charge in [-0.2, -0.15) is 18.4 Å². The highest BCUT2D eigenvalue weighted by atomic mass is 35.5. The highest BCUT2D eigenvalue weighted by Crippen LogP contribution is 2.36. The van der Waals surface area contributed by atoms with Crippen LogP contribution in [-0.2, 0) is 6.18 Å². The number of ether oxygens (including phenoxy) is 1. The Balaban J connectivity index is 1.46. The fourth-order valence-corrected chi connectivity index (χ4v) is 3.22. The van der Waals surface area contributed by atoms with E-state index in [0.717, 1.165) is 12.1 Å². The van der Waals surface area contributed by atoms with E-state index in [-0.39, 0.29) is 11.4 Å². The minimum absolute atomic E-state index is 0.0735. The molecule has 34 heavy (non-hydrogen) atoms. The van der Waals surface area contributed by atoms with E-state index in [0.29, 0.717) is 28.2 Å². The van der Waals surface area contributed by atoms with Crippen LogP contribution in [-0.4, -0.2) is 16.0 Å². The van der Waals surface area contributed by atoms with Crippen LogP contribution in [0.4, 0.5) is 29.3 Å². The van der Waals surface area contributed by atoms with Gasteiger partial charge in [0, 0.05) is 23.5 Å². The number of hydrogen-bond acceptors (Lipinski definition) is 5. The van der Waals surface area contributed by atoms with Crippen molar-refractivity contribution in [3.63, 3.8) is 0 Å². The molecule has 0 fully saturated rings. The second-order valence-electron chi connectivity index (χ2n) is 6.92. The molecule has 4 aromatic rings. The largest absolute Gasteiger partial charge is 0.457 e. The van der Waals surface area contributed by atoms with E-state index in [1.54, 1.807) is 36.4 Å². The summed E-state index contributed by atoms with van der Waals surface area (Å²) in [6, 6.07) is 15.6. The number of urea groups is 1. The van der Waals surface area contributed by atoms with Crippen LogP contribution < -0.4 is 15.4 Å². The van der Waals surface area contributed by atoms with Crippen molar-refractivity contribution in [2.45, 2.75) is 6.18 Å². The Morgan fingerprint density at radius 3 is 2.44 bits per heavy atom. The standard InChI is InChI=1S/C23H13ClF3N5O2/c24-19-6-4-14(9-18(19)23(25,26)27)32-22(33)31-13-2-1-3-16(8-13)34-17-5-7-20-21(10-17)30-15(11-28)12-29-20/h1-10,12H,(H2,31,32,33). The molecular formula is C23H13ClF3N5O2. The smallest absolute Gasteiger partial charge is 0.417 e. The monoisotopic (exact) mass is 483 g/mol. The molecule has 1 heterocycles. The zero-order valence-electron chi connectivity index (χ0n) is 17.0. The summed E-state index contributed by atoms with van der Waals surface area (Å²) in [5.41, 5.74) is 0.456. The number of anilines is 2. The number of rotatable bonds is 4. The van der Waals surface area contributed by atoms with Crippen molar-refractivity contribution in [1.29, 1.82) is 5.26 Å². The Morgan fingerprint density at radius 1 is 0.971 bits per heavy atom. The normalized spacial score (nSPS) is 11.0. The first-order valence-corrected chi connectivity index (χ1v) is 9.99. The van der Waals surface area contributed by atoms with E-state index in [9.17, 15) is 18.0 Å². The van der Waals surface area contributed by atoms with Crippen molar-refractivity contribution >= 4 is 40.0 Å². The lowest BCUT2D eigenvalue weighted by molar-refractivity contribution is -0.137. The SMILES string of the molecule is N#Cc1cnc2ccc(Oc3cccc(NC(=O)Nc4ccc(Cl)c(C(F)(F)F)c4)c3)cc2n1. The van der Waals surface area contributed by atoms with Gasteiger partial charge in [0.2, 0.25) is 0 Å². The predicted octanol–water partition coefficient (Wildman–Crippen LogP) is 6.61. The van der Waals surface area contributed by atoms with Crippen molar-refractivity contribution in [3.05, 3.63) is 83.1 Å². The number of halogens is 4. The number of alkyl halides is 3. The second-order valence-corrected chi connectivity index (χ2v) is 7.33. The quantitative estimate of drug-likeness (QED) is 0.340. The Bertz CT molecular complexity index is 1440. The molecule has 170 valence electrons. The van der Waals surface area contributed by atoms with E-state index < -0.39 is 22.8 Å². The maximum atomic E-state index is 13.0. The van der Waals surface area contributed by atoms with Gasteiger partial charge in [-0.05, 0) is 42.5 Å². The molecule has 11 heteroatoms. The topological polar surface area (TPSA) is 99.9 Å². The summed E-state index contributed by atoms with van der Waals surface area (Å²) in [5.74, 6) is 0.812. The van der Waals surface area contributed by atoms with Crippen LogP contribution in [0.5, 0.6) is 11.5 Å². The number of nitriles is 1. The highest BCUT2D eigenvalue weighted by Gasteiger charge is 2.33. The third kappa shape index (κ3) is 5.33. The summed E-state index contributed by atoms with van der Waals surface area (Å²) in [6.07, 6.45) is -3.28. The molecule has 0 saturated carbocycles. The van der Waals surface area contributed by atoms with Crippen molar-refractivity contribution < 1.29 is 22.7 Å². The van der Waals surface area contributed by atoms with E-state index in [4.69, 9.17) is 21.6 Å². The van der Waals surface area contributed by atoms with Crippen LogP contribution in [0.15, 0.2) is 66.9 Å². The average Bonchev–Trinajstić information content (AvgIpc) is 2.79. The Hall–Kier alpha value is -4.36. The number of amides is 2. The van der Waals surface area contributed by atoms with Crippen LogP contribution >= 0.6 is 11.6 Å². The molecule has 0 spiro atoms. The molecule has 0 saturated heterocycles. The van der Waals surface area contributed by atoms with Crippen LogP contribution in [0.25, 0.3) is 11.0 Å². The molecule has 0 aliphatic rings. The summed E-state index contributed by atoms with van der Waals surface area (Å²) in [7, 11) is 0. The first-order valence-electron chi connectivity index (χ1n) is 9.61. The maximum absolute atomic E-state index is 13.0. The molecule has 0 atom stereocenters. The summed E-state index contributed by atoms with van der Waals surface area (Å²) < 4.78 is 44.8. The minimum Gasteiger partial charge on any atom is -0.457 e. The molecule has 2 N–H and O–H groups in total. The van der Waals surface area contributed by atoms with Gasteiger partial charge >= 0.3 is 12.2 Å². The van der Waals surface area contributed by atoms with Crippen molar-refractivity contribution in [2.75, 3.05) is 10.6 Å². The lowest BCUT2D eigenvalue weighted by Gasteiger charge is -2.13. The fraction of sp³-hybridized carbons (Fsp3) is 0.0435. The molecule has 3 aromatic carbocycles. The Labute approximate surface area is 195 Å². The van der Waals surface area contributed by atoms with Crippen LogP contribution in [0.3, 0.4) is 0 Å². The number of carbonyl (C=O) groups is 1. The van der Waals surface area contributed by atoms with Gasteiger partial charge in [0.1, 0.15) is 17.6 Å². The van der Waals surface area contributed by atoms with E-state index in [1.807, 2.05) is 6.07 Å². The van der Waals surface area contributed by atoms with E-state index in [1.165, 1.54) is 18.3 Å². The molecule has 0 radical (unpaired) electrons. The zero-order valence-corrected chi connectivity index (χ0v) is 17.8. The lowest BCUT2D eigenvalue weighted by atomic mass is 10.2. The molecule has 7 nitrogen and oxygen atoms in total. The molecule has 2 amide bonds. The van der Waals surface area contributed by atoms with Crippen molar-refractivity contribution in [1.82, 2.24) is 9.97 Å². The summed E-state index contributed by atoms with van der Waals surface area (Å²) in [6.45, 7) is 0. The van der Waals surface area contributed by atoms with E-state index in [2.05, 4.69) is 20.6 Å². The van der Waals surface area contributed by atoms with Gasteiger partial charge in [-0.3, -0.25) is 4.98 Å². The first kappa shape index (κ1) is 22.8. The molecular weight excluding hydrogens is 471 g/mol. The third-order valence-electron chi connectivity index (χ3n) is 4.49. The Kier molecular flexibility index (Phi) is 6.21. The molecule has 4 rings (SSSR count). The van der Waals surface area contributed by atoms with Crippen LogP contribution in [0.2, 0.25) is 5.02 Å². The lowest BCUT2D eigenvalue weighted by Crippen LogP contribution is -2.20. The van der Waals surface area contributed by atoms with Gasteiger partial charge in [-0.1, -0.05) is 17.7 Å². The Morgan fingerprint density at radius 2 is 1.71 bits per heavy atom. The molecule has 0 aliphatic heterocycles. The first-order chi connectivity index (χ1) is 16.2. The second kappa shape index (κ2) is 9.25. The fourth-order valence-electron chi connectivity index (χ4n) is 3.00. The molecule has 1 aromatic heterocycles. The summed E-state index contributed by atoms with van der Waals surface area (Å²) >= 11 is 5.59. The molecule has 0 unspecified atom stereocenters. The van der Waals surface area contributed by atoms with E-state index >= 15 is 0 Å². The maximum Gasteiger partial charge on any atom is 0.417 e. The minimum atomic E-state index is -4.65. The number of hydrogen-bond donors (Lipinski definition) is 2. The summed E-state index contributed by atoms with van der Waals surface area (Å²) in [4.78, 5) is 20.6. The number of benzene rings is 3. The van der Waals surface area contributed by atoms with Crippen molar-refractivity contribution in [2.24, 2.45) is 0 Å². The molecule has 0 aliphatic carbocycles. The number of fused-ring (bicyclic) bond motifs is 1. The van der Waals surface area contributed by atoms with Crippen LogP contribution in [0, 0.1) is 11.3 Å². The average molecular weight is 484 g/mol. The predicted molar refractivity (Wildman–Crippen MR) is 120 cm³/mol. The van der Waals surface area contributed by atoms with Gasteiger partial charge in [-0.15, -0.1) is 0 Å². The van der Waals surface area contributed by atoms with Gasteiger partial charge < -0.3 is 15.4 Å². The van der Waals surface area contributed by atoms with Gasteiger partial charge in [0.15, 0.2) is 5.69 Å². The molecule has 0 bridgehead atoms. The number of nitrogens with zero attached hydrogens (tertiary/aromatic N) is 3. The number of carbonyl (C=O) groups excluding carboxylic acids is 1. The third-order valence-corrected chi connectivity index (χ3v) is 4.82. The number of aromatic nitrogens is 2.